The Kier molecular flexibility index (Phi) is 5.49. The van der Waals surface area contributed by atoms with Crippen LogP contribution < -0.4 is 0 Å². The molecule has 0 N–H and O–H groups in total. The Morgan fingerprint density at radius 1 is 1.30 bits per heavy atom. The monoisotopic (exact) mass is 312 g/mol. The largest absolute Gasteiger partial charge is 0.282 e. The molecule has 8 heteroatoms. The molecule has 1 rings (SSSR count). The van der Waals surface area contributed by atoms with Crippen molar-refractivity contribution in [1.29, 1.82) is 10.5 Å². The lowest BCUT2D eigenvalue weighted by molar-refractivity contribution is 0.395. The molecule has 0 unspecified atom stereocenters. The van der Waals surface area contributed by atoms with Crippen LogP contribution in [0.1, 0.15) is 11.1 Å². The summed E-state index contributed by atoms with van der Waals surface area (Å²) in [6, 6.07) is 8.39. The lowest BCUT2D eigenvalue weighted by atomic mass is 10.1. The standard InChI is InChI=1S/C12H13ClN4O2S/c1-16(2)20(18,19)17(6-5-14)9-10-3-4-12(13)7-11(10)8-15/h3-4,7H,6,9H2,1-2H3. The maximum atomic E-state index is 12.1. The quantitative estimate of drug-likeness (QED) is 0.768. The highest BCUT2D eigenvalue weighted by Crippen LogP contribution is 2.18. The third-order valence-corrected chi connectivity index (χ3v) is 4.64. The van der Waals surface area contributed by atoms with Crippen LogP contribution in [0.5, 0.6) is 0 Å². The number of rotatable bonds is 5. The van der Waals surface area contributed by atoms with Gasteiger partial charge in [-0.1, -0.05) is 17.7 Å². The first-order chi connectivity index (χ1) is 9.32. The van der Waals surface area contributed by atoms with Gasteiger partial charge in [0, 0.05) is 25.7 Å². The zero-order valence-electron chi connectivity index (χ0n) is 11.0. The van der Waals surface area contributed by atoms with Gasteiger partial charge in [-0.2, -0.15) is 27.6 Å². The molecule has 0 saturated heterocycles. The van der Waals surface area contributed by atoms with Crippen LogP contribution >= 0.6 is 11.6 Å². The zero-order chi connectivity index (χ0) is 15.3. The molecule has 0 spiro atoms. The van der Waals surface area contributed by atoms with Crippen LogP contribution in [0, 0.1) is 22.7 Å². The van der Waals surface area contributed by atoms with Crippen molar-refractivity contribution in [2.75, 3.05) is 20.6 Å². The summed E-state index contributed by atoms with van der Waals surface area (Å²) in [6.07, 6.45) is 0. The summed E-state index contributed by atoms with van der Waals surface area (Å²) in [5.74, 6) is 0. The van der Waals surface area contributed by atoms with E-state index in [2.05, 4.69) is 0 Å². The first-order valence-electron chi connectivity index (χ1n) is 5.56. The predicted octanol–water partition coefficient (Wildman–Crippen LogP) is 1.34. The number of benzene rings is 1. The predicted molar refractivity (Wildman–Crippen MR) is 74.8 cm³/mol. The van der Waals surface area contributed by atoms with E-state index in [9.17, 15) is 8.42 Å². The van der Waals surface area contributed by atoms with Crippen molar-refractivity contribution in [3.8, 4) is 12.1 Å². The molecule has 20 heavy (non-hydrogen) atoms. The molecule has 0 fully saturated rings. The molecule has 0 aromatic heterocycles. The number of nitrogens with zero attached hydrogens (tertiary/aromatic N) is 4. The van der Waals surface area contributed by atoms with Crippen LogP contribution in [0.25, 0.3) is 0 Å². The summed E-state index contributed by atoms with van der Waals surface area (Å²) < 4.78 is 26.2. The lowest BCUT2D eigenvalue weighted by Crippen LogP contribution is -2.39. The van der Waals surface area contributed by atoms with Gasteiger partial charge >= 0.3 is 0 Å². The van der Waals surface area contributed by atoms with Crippen LogP contribution in [0.3, 0.4) is 0 Å². The summed E-state index contributed by atoms with van der Waals surface area (Å²) in [4.78, 5) is 0. The van der Waals surface area contributed by atoms with Crippen LogP contribution in [0.15, 0.2) is 18.2 Å². The third-order valence-electron chi connectivity index (χ3n) is 2.57. The van der Waals surface area contributed by atoms with Gasteiger partial charge < -0.3 is 0 Å². The molecule has 1 aromatic rings. The Labute approximate surface area is 123 Å². The van der Waals surface area contributed by atoms with E-state index in [1.54, 1.807) is 12.1 Å². The van der Waals surface area contributed by atoms with Crippen LogP contribution in [-0.2, 0) is 16.8 Å². The molecule has 0 amide bonds. The number of hydrogen-bond donors (Lipinski definition) is 0. The molecular formula is C12H13ClN4O2S. The minimum absolute atomic E-state index is 0.0614. The van der Waals surface area contributed by atoms with Crippen LogP contribution in [0.2, 0.25) is 5.02 Å². The van der Waals surface area contributed by atoms with Crippen LogP contribution in [-0.4, -0.2) is 37.7 Å². The van der Waals surface area contributed by atoms with Gasteiger partial charge in [0.15, 0.2) is 0 Å². The van der Waals surface area contributed by atoms with Crippen LogP contribution in [0.4, 0.5) is 0 Å². The van der Waals surface area contributed by atoms with Crippen molar-refractivity contribution in [2.24, 2.45) is 0 Å². The van der Waals surface area contributed by atoms with E-state index in [4.69, 9.17) is 22.1 Å². The molecule has 0 radical (unpaired) electrons. The number of halogens is 1. The lowest BCUT2D eigenvalue weighted by Gasteiger charge is -2.23. The molecule has 106 valence electrons. The molecule has 0 bridgehead atoms. The van der Waals surface area contributed by atoms with Crippen molar-refractivity contribution < 1.29 is 8.42 Å². The highest BCUT2D eigenvalue weighted by Gasteiger charge is 2.25. The fourth-order valence-electron chi connectivity index (χ4n) is 1.51. The fourth-order valence-corrected chi connectivity index (χ4v) is 2.67. The third kappa shape index (κ3) is 3.69. The Morgan fingerprint density at radius 3 is 2.45 bits per heavy atom. The zero-order valence-corrected chi connectivity index (χ0v) is 12.6. The molecule has 6 nitrogen and oxygen atoms in total. The fraction of sp³-hybridized carbons (Fsp3) is 0.333. The van der Waals surface area contributed by atoms with Gasteiger partial charge in [-0.25, -0.2) is 0 Å². The maximum absolute atomic E-state index is 12.1. The van der Waals surface area contributed by atoms with E-state index in [0.717, 1.165) is 8.61 Å². The Balaban J connectivity index is 3.17. The molecule has 0 aliphatic carbocycles. The summed E-state index contributed by atoms with van der Waals surface area (Å²) in [5, 5.41) is 18.2. The van der Waals surface area contributed by atoms with E-state index in [0.29, 0.717) is 10.6 Å². The average Bonchev–Trinajstić information content (AvgIpc) is 2.39. The Bertz CT molecular complexity index is 674. The van der Waals surface area contributed by atoms with Crippen molar-refractivity contribution in [3.05, 3.63) is 34.3 Å². The normalized spacial score (nSPS) is 11.3. The van der Waals surface area contributed by atoms with E-state index < -0.39 is 10.2 Å². The molecule has 0 atom stereocenters. The molecule has 0 aliphatic rings. The van der Waals surface area contributed by atoms with Gasteiger partial charge in [0.1, 0.15) is 6.54 Å². The number of hydrogen-bond acceptors (Lipinski definition) is 4. The molecular weight excluding hydrogens is 300 g/mol. The first-order valence-corrected chi connectivity index (χ1v) is 7.33. The highest BCUT2D eigenvalue weighted by molar-refractivity contribution is 7.86. The minimum Gasteiger partial charge on any atom is -0.197 e. The van der Waals surface area contributed by atoms with E-state index in [-0.39, 0.29) is 18.7 Å². The van der Waals surface area contributed by atoms with Gasteiger partial charge in [-0.3, -0.25) is 0 Å². The Hall–Kier alpha value is -1.64. The smallest absolute Gasteiger partial charge is 0.197 e. The summed E-state index contributed by atoms with van der Waals surface area (Å²) in [6.45, 7) is -0.359. The molecule has 0 heterocycles. The van der Waals surface area contributed by atoms with Gasteiger partial charge in [-0.15, -0.1) is 0 Å². The SMILES string of the molecule is CN(C)S(=O)(=O)N(CC#N)Cc1ccc(Cl)cc1C#N. The topological polar surface area (TPSA) is 88.2 Å². The number of nitriles is 2. The first kappa shape index (κ1) is 16.4. The maximum Gasteiger partial charge on any atom is 0.282 e. The second kappa shape index (κ2) is 6.69. The molecule has 0 aliphatic heterocycles. The van der Waals surface area contributed by atoms with E-state index in [1.165, 1.54) is 20.2 Å². The minimum atomic E-state index is -3.73. The summed E-state index contributed by atoms with van der Waals surface area (Å²) in [5.41, 5.74) is 0.784. The second-order valence-electron chi connectivity index (χ2n) is 4.13. The summed E-state index contributed by atoms with van der Waals surface area (Å²) in [7, 11) is -0.969. The Morgan fingerprint density at radius 2 is 1.95 bits per heavy atom. The van der Waals surface area contributed by atoms with Gasteiger partial charge in [0.25, 0.3) is 10.2 Å². The molecule has 0 saturated carbocycles. The second-order valence-corrected chi connectivity index (χ2v) is 6.71. The van der Waals surface area contributed by atoms with Crippen molar-refractivity contribution in [3.63, 3.8) is 0 Å². The van der Waals surface area contributed by atoms with Crippen molar-refractivity contribution >= 4 is 21.8 Å². The van der Waals surface area contributed by atoms with Gasteiger partial charge in [-0.05, 0) is 17.7 Å². The van der Waals surface area contributed by atoms with Gasteiger partial charge in [0.2, 0.25) is 0 Å². The van der Waals surface area contributed by atoms with E-state index >= 15 is 0 Å². The highest BCUT2D eigenvalue weighted by atomic mass is 35.5. The average molecular weight is 313 g/mol. The molecule has 1 aromatic carbocycles. The van der Waals surface area contributed by atoms with E-state index in [1.807, 2.05) is 12.1 Å². The van der Waals surface area contributed by atoms with Crippen molar-refractivity contribution in [1.82, 2.24) is 8.61 Å². The summed E-state index contributed by atoms with van der Waals surface area (Å²) >= 11 is 5.79. The van der Waals surface area contributed by atoms with Gasteiger partial charge in [0.05, 0.1) is 17.7 Å². The van der Waals surface area contributed by atoms with Crippen molar-refractivity contribution in [2.45, 2.75) is 6.54 Å².